The first kappa shape index (κ1) is 28.1. The molecule has 1 fully saturated rings. The highest BCUT2D eigenvalue weighted by atomic mass is 35.5. The molecular weight excluding hydrogens is 561 g/mol. The van der Waals surface area contributed by atoms with E-state index in [1.54, 1.807) is 12.1 Å². The van der Waals surface area contributed by atoms with Gasteiger partial charge in [-0.1, -0.05) is 48.6 Å². The predicted octanol–water partition coefficient (Wildman–Crippen LogP) is 4.70. The van der Waals surface area contributed by atoms with Crippen LogP contribution in [-0.4, -0.2) is 49.9 Å². The average molecular weight is 587 g/mol. The van der Waals surface area contributed by atoms with Crippen molar-refractivity contribution in [3.63, 3.8) is 0 Å². The molecule has 0 bridgehead atoms. The van der Waals surface area contributed by atoms with E-state index in [0.29, 0.717) is 0 Å². The minimum Gasteiger partial charge on any atom is -0.477 e. The molecule has 1 aromatic carbocycles. The van der Waals surface area contributed by atoms with Gasteiger partial charge in [0.05, 0.1) is 30.6 Å². The molecule has 14 heteroatoms. The number of carbonyl (C=O) groups is 1. The number of nitrogens with one attached hydrogen (secondary N) is 1. The molecule has 1 amide bonds. The number of hydrogen-bond acceptors (Lipinski definition) is 6. The van der Waals surface area contributed by atoms with Crippen LogP contribution in [0.3, 0.4) is 0 Å². The van der Waals surface area contributed by atoms with E-state index in [2.05, 4.69) is 29.7 Å². The second-order valence-electron chi connectivity index (χ2n) is 10.2. The van der Waals surface area contributed by atoms with Gasteiger partial charge in [0.1, 0.15) is 5.15 Å². The molecule has 0 saturated heterocycles. The monoisotopic (exact) mass is 586 g/mol. The van der Waals surface area contributed by atoms with Crippen LogP contribution in [0.25, 0.3) is 5.82 Å². The second kappa shape index (κ2) is 10.0. The first-order valence-corrected chi connectivity index (χ1v) is 17.1. The lowest BCUT2D eigenvalue weighted by molar-refractivity contribution is -0.190. The molecule has 1 aliphatic carbocycles. The summed E-state index contributed by atoms with van der Waals surface area (Å²) in [6, 6.07) is 10.6. The largest absolute Gasteiger partial charge is 0.477 e. The number of nitrogens with zero attached hydrogens (tertiary/aromatic N) is 3. The quantitative estimate of drug-likeness (QED) is 0.288. The van der Waals surface area contributed by atoms with Gasteiger partial charge in [-0.05, 0) is 43.5 Å². The standard InChI is InChI=1S/C24H26ClF3N4O4SSi/c1-38(2,3)17-6-4-16(5-7-17)37(34,35)31-22(33)18-8-9-19(29-21(18)25)32-14-10-20(30-32)36-15-13-23(11-12-23)24(26,27)28/h4-10,14H,11-13,15H2,1-3H3,(H,31,33). The number of alkyl halides is 3. The van der Waals surface area contributed by atoms with E-state index in [9.17, 15) is 26.4 Å². The minimum atomic E-state index is -4.25. The summed E-state index contributed by atoms with van der Waals surface area (Å²) < 4.78 is 73.2. The van der Waals surface area contributed by atoms with Crippen molar-refractivity contribution in [2.45, 2.75) is 50.0 Å². The number of carbonyl (C=O) groups excluding carboxylic acids is 1. The lowest BCUT2D eigenvalue weighted by Gasteiger charge is -2.18. The fraction of sp³-hybridized carbons (Fsp3) is 0.375. The van der Waals surface area contributed by atoms with Gasteiger partial charge in [0.25, 0.3) is 15.9 Å². The smallest absolute Gasteiger partial charge is 0.394 e. The Morgan fingerprint density at radius 1 is 1.13 bits per heavy atom. The molecule has 1 aliphatic rings. The molecule has 0 unspecified atom stereocenters. The molecule has 3 aromatic rings. The fourth-order valence-electron chi connectivity index (χ4n) is 3.78. The predicted molar refractivity (Wildman–Crippen MR) is 138 cm³/mol. The van der Waals surface area contributed by atoms with Crippen LogP contribution in [0.4, 0.5) is 13.2 Å². The van der Waals surface area contributed by atoms with Crippen molar-refractivity contribution >= 4 is 40.8 Å². The van der Waals surface area contributed by atoms with Gasteiger partial charge < -0.3 is 4.74 Å². The molecule has 38 heavy (non-hydrogen) atoms. The minimum absolute atomic E-state index is 0.0551. The van der Waals surface area contributed by atoms with E-state index in [1.165, 1.54) is 41.2 Å². The van der Waals surface area contributed by atoms with Crippen molar-refractivity contribution < 1.29 is 31.1 Å². The van der Waals surface area contributed by atoms with Gasteiger partial charge >= 0.3 is 6.18 Å². The summed E-state index contributed by atoms with van der Waals surface area (Å²) in [5.74, 6) is -0.652. The van der Waals surface area contributed by atoms with E-state index in [-0.39, 0.29) is 53.2 Å². The zero-order chi connectivity index (χ0) is 27.9. The van der Waals surface area contributed by atoms with Crippen molar-refractivity contribution in [3.05, 3.63) is 59.4 Å². The zero-order valence-corrected chi connectivity index (χ0v) is 23.4. The van der Waals surface area contributed by atoms with E-state index in [4.69, 9.17) is 16.3 Å². The summed E-state index contributed by atoms with van der Waals surface area (Å²) in [7, 11) is -5.77. The third-order valence-electron chi connectivity index (χ3n) is 6.42. The van der Waals surface area contributed by atoms with E-state index in [0.717, 1.165) is 5.19 Å². The van der Waals surface area contributed by atoms with Gasteiger partial charge in [-0.25, -0.2) is 22.8 Å². The van der Waals surface area contributed by atoms with Crippen LogP contribution in [0.5, 0.6) is 5.88 Å². The Bertz CT molecular complexity index is 1450. The lowest BCUT2D eigenvalue weighted by Crippen LogP contribution is -2.37. The van der Waals surface area contributed by atoms with Crippen LogP contribution in [0.15, 0.2) is 53.6 Å². The van der Waals surface area contributed by atoms with Crippen LogP contribution < -0.4 is 14.6 Å². The Kier molecular flexibility index (Phi) is 7.40. The second-order valence-corrected chi connectivity index (χ2v) is 17.3. The highest BCUT2D eigenvalue weighted by molar-refractivity contribution is 7.90. The molecule has 0 radical (unpaired) electrons. The van der Waals surface area contributed by atoms with E-state index in [1.807, 2.05) is 4.72 Å². The van der Waals surface area contributed by atoms with Crippen molar-refractivity contribution in [1.29, 1.82) is 0 Å². The van der Waals surface area contributed by atoms with Crippen LogP contribution >= 0.6 is 11.6 Å². The van der Waals surface area contributed by atoms with Gasteiger partial charge in [0, 0.05) is 12.3 Å². The van der Waals surface area contributed by atoms with Crippen LogP contribution in [-0.2, 0) is 10.0 Å². The molecule has 0 atom stereocenters. The Morgan fingerprint density at radius 3 is 2.34 bits per heavy atom. The zero-order valence-electron chi connectivity index (χ0n) is 20.8. The highest BCUT2D eigenvalue weighted by Gasteiger charge is 2.62. The van der Waals surface area contributed by atoms with Gasteiger partial charge in [-0.3, -0.25) is 4.79 Å². The van der Waals surface area contributed by atoms with Gasteiger partial charge in [-0.15, -0.1) is 5.10 Å². The van der Waals surface area contributed by atoms with Crippen LogP contribution in [0.1, 0.15) is 29.6 Å². The number of ether oxygens (including phenoxy) is 1. The molecule has 0 spiro atoms. The summed E-state index contributed by atoms with van der Waals surface area (Å²) in [6.45, 7) is 6.26. The van der Waals surface area contributed by atoms with Crippen LogP contribution in [0, 0.1) is 5.41 Å². The Balaban J connectivity index is 1.40. The molecule has 204 valence electrons. The third kappa shape index (κ3) is 6.05. The number of pyridine rings is 1. The van der Waals surface area contributed by atoms with Gasteiger partial charge in [0.2, 0.25) is 5.88 Å². The summed E-state index contributed by atoms with van der Waals surface area (Å²) >= 11 is 6.17. The number of amides is 1. The average Bonchev–Trinajstić information content (AvgIpc) is 3.48. The van der Waals surface area contributed by atoms with E-state index < -0.39 is 35.6 Å². The first-order valence-electron chi connectivity index (χ1n) is 11.7. The number of aromatic nitrogens is 3. The van der Waals surface area contributed by atoms with Crippen LogP contribution in [0.2, 0.25) is 24.8 Å². The number of hydrogen-bond donors (Lipinski definition) is 1. The molecular formula is C24H26ClF3N4O4SSi. The molecule has 4 rings (SSSR count). The maximum Gasteiger partial charge on any atom is 0.394 e. The molecule has 2 heterocycles. The molecule has 2 aromatic heterocycles. The Morgan fingerprint density at radius 2 is 1.79 bits per heavy atom. The topological polar surface area (TPSA) is 103 Å². The maximum atomic E-state index is 13.0. The summed E-state index contributed by atoms with van der Waals surface area (Å²) in [5.41, 5.74) is -1.82. The molecule has 1 N–H and O–H groups in total. The molecule has 1 saturated carbocycles. The maximum absolute atomic E-state index is 13.0. The van der Waals surface area contributed by atoms with E-state index >= 15 is 0 Å². The fourth-order valence-corrected chi connectivity index (χ4v) is 6.15. The summed E-state index contributed by atoms with van der Waals surface area (Å²) in [4.78, 5) is 16.7. The van der Waals surface area contributed by atoms with Gasteiger partial charge in [-0.2, -0.15) is 13.2 Å². The number of halogens is 4. The number of sulfonamides is 1. The highest BCUT2D eigenvalue weighted by Crippen LogP contribution is 2.59. The first-order chi connectivity index (χ1) is 17.6. The molecule has 0 aliphatic heterocycles. The Hall–Kier alpha value is -2.90. The number of rotatable bonds is 9. The lowest BCUT2D eigenvalue weighted by atomic mass is 10.0. The number of benzene rings is 1. The summed E-state index contributed by atoms with van der Waals surface area (Å²) in [6.07, 6.45) is -2.73. The Labute approximate surface area is 224 Å². The SMILES string of the molecule is C[Si](C)(C)c1ccc(S(=O)(=O)NC(=O)c2ccc(-n3ccc(OCCC4(C(F)(F)F)CC4)n3)nc2Cl)cc1. The molecule has 8 nitrogen and oxygen atoms in total. The van der Waals surface area contributed by atoms with Crippen molar-refractivity contribution in [2.24, 2.45) is 5.41 Å². The van der Waals surface area contributed by atoms with Gasteiger partial charge in [0.15, 0.2) is 5.82 Å². The third-order valence-corrected chi connectivity index (χ3v) is 10.1. The van der Waals surface area contributed by atoms with Crippen molar-refractivity contribution in [2.75, 3.05) is 6.61 Å². The normalized spacial score (nSPS) is 15.2. The van der Waals surface area contributed by atoms with Crippen molar-refractivity contribution in [1.82, 2.24) is 19.5 Å². The van der Waals surface area contributed by atoms with Crippen molar-refractivity contribution in [3.8, 4) is 11.7 Å². The summed E-state index contributed by atoms with van der Waals surface area (Å²) in [5, 5.41) is 4.93.